The molecule has 1 aromatic heterocycles. The number of nitrogens with one attached hydrogen (secondary N) is 3. The molecule has 3 amide bonds. The summed E-state index contributed by atoms with van der Waals surface area (Å²) >= 11 is 0. The minimum atomic E-state index is -2.66. The van der Waals surface area contributed by atoms with Crippen molar-refractivity contribution in [1.29, 1.82) is 0 Å². The van der Waals surface area contributed by atoms with Gasteiger partial charge in [0.05, 0.1) is 18.0 Å². The smallest absolute Gasteiger partial charge is 0.249 e. The van der Waals surface area contributed by atoms with E-state index < -0.39 is 47.0 Å². The third-order valence-electron chi connectivity index (χ3n) is 8.38. The number of carbonyl (C=O) groups excluding carboxylic acids is 3. The molecule has 0 bridgehead atoms. The van der Waals surface area contributed by atoms with Crippen LogP contribution in [-0.4, -0.2) is 57.1 Å². The van der Waals surface area contributed by atoms with E-state index in [9.17, 15) is 27.6 Å². The molecule has 38 heavy (non-hydrogen) atoms. The van der Waals surface area contributed by atoms with Gasteiger partial charge in [0, 0.05) is 31.3 Å². The number of piperidine rings is 1. The van der Waals surface area contributed by atoms with Gasteiger partial charge >= 0.3 is 0 Å². The third-order valence-corrected chi connectivity index (χ3v) is 8.38. The van der Waals surface area contributed by atoms with Crippen molar-refractivity contribution in [3.8, 4) is 0 Å². The Hall–Kier alpha value is -3.11. The van der Waals surface area contributed by atoms with Crippen LogP contribution < -0.4 is 10.6 Å². The summed E-state index contributed by atoms with van der Waals surface area (Å²) in [5, 5.41) is 5.51. The Morgan fingerprint density at radius 3 is 2.58 bits per heavy atom. The lowest BCUT2D eigenvalue weighted by atomic mass is 9.50. The van der Waals surface area contributed by atoms with Crippen LogP contribution in [0.1, 0.15) is 77.1 Å². The van der Waals surface area contributed by atoms with Crippen molar-refractivity contribution in [3.05, 3.63) is 29.8 Å². The largest absolute Gasteiger partial charge is 0.345 e. The van der Waals surface area contributed by atoms with Crippen LogP contribution in [-0.2, 0) is 14.4 Å². The van der Waals surface area contributed by atoms with Gasteiger partial charge in [-0.05, 0) is 63.5 Å². The second kappa shape index (κ2) is 9.89. The fourth-order valence-corrected chi connectivity index (χ4v) is 6.37. The monoisotopic (exact) mass is 533 g/mol. The number of likely N-dealkylation sites (tertiary alicyclic amines) is 1. The summed E-state index contributed by atoms with van der Waals surface area (Å²) in [7, 11) is 0. The van der Waals surface area contributed by atoms with Crippen molar-refractivity contribution >= 4 is 28.8 Å². The van der Waals surface area contributed by atoms with E-state index in [4.69, 9.17) is 0 Å². The SMILES string of the molecule is C[C@H](NC(=O)[C@H](CC(=O)N1CCCC[C@@H]1C)NC(=O)C1CC2(C1)CC(F)(F)C2)c1nc2c(F)cccc2[nH]1. The van der Waals surface area contributed by atoms with Gasteiger partial charge in [0.2, 0.25) is 23.6 Å². The first kappa shape index (κ1) is 26.5. The molecule has 2 heterocycles. The summed E-state index contributed by atoms with van der Waals surface area (Å²) in [4.78, 5) is 48.5. The second-order valence-electron chi connectivity index (χ2n) is 11.5. The van der Waals surface area contributed by atoms with Crippen molar-refractivity contribution in [1.82, 2.24) is 25.5 Å². The van der Waals surface area contributed by atoms with E-state index in [0.717, 1.165) is 19.3 Å². The number of hydrogen-bond acceptors (Lipinski definition) is 4. The molecule has 3 fully saturated rings. The number of aromatic nitrogens is 2. The number of halogens is 3. The maximum atomic E-state index is 14.1. The van der Waals surface area contributed by atoms with Crippen LogP contribution in [0.25, 0.3) is 11.0 Å². The number of rotatable bonds is 7. The number of alkyl halides is 2. The highest BCUT2D eigenvalue weighted by Gasteiger charge is 2.63. The zero-order chi connectivity index (χ0) is 27.2. The second-order valence-corrected chi connectivity index (χ2v) is 11.5. The summed E-state index contributed by atoms with van der Waals surface area (Å²) in [6.07, 6.45) is 2.91. The Balaban J connectivity index is 1.26. The summed E-state index contributed by atoms with van der Waals surface area (Å²) in [5.74, 6) is -4.44. The van der Waals surface area contributed by atoms with Crippen LogP contribution >= 0.6 is 0 Å². The van der Waals surface area contributed by atoms with Crippen LogP contribution in [0.2, 0.25) is 0 Å². The summed E-state index contributed by atoms with van der Waals surface area (Å²) < 4.78 is 40.8. The van der Waals surface area contributed by atoms with E-state index in [-0.39, 0.29) is 36.7 Å². The molecule has 3 atom stereocenters. The highest BCUT2D eigenvalue weighted by atomic mass is 19.3. The van der Waals surface area contributed by atoms with Crippen molar-refractivity contribution in [3.63, 3.8) is 0 Å². The first-order chi connectivity index (χ1) is 18.0. The first-order valence-corrected chi connectivity index (χ1v) is 13.4. The Kier molecular flexibility index (Phi) is 6.89. The molecule has 3 N–H and O–H groups in total. The Labute approximate surface area is 219 Å². The maximum absolute atomic E-state index is 14.1. The molecular weight excluding hydrogens is 499 g/mol. The Morgan fingerprint density at radius 1 is 1.18 bits per heavy atom. The number of aromatic amines is 1. The minimum Gasteiger partial charge on any atom is -0.345 e. The lowest BCUT2D eigenvalue weighted by Crippen LogP contribution is -2.59. The van der Waals surface area contributed by atoms with Crippen LogP contribution in [0.5, 0.6) is 0 Å². The van der Waals surface area contributed by atoms with Gasteiger partial charge in [-0.1, -0.05) is 6.07 Å². The number of carbonyl (C=O) groups is 3. The molecule has 2 aromatic rings. The van der Waals surface area contributed by atoms with Gasteiger partial charge < -0.3 is 20.5 Å². The van der Waals surface area contributed by atoms with Crippen molar-refractivity contribution in [2.24, 2.45) is 11.3 Å². The number of H-pyrrole nitrogens is 1. The number of imidazole rings is 1. The topological polar surface area (TPSA) is 107 Å². The number of hydrogen-bond donors (Lipinski definition) is 3. The first-order valence-electron chi connectivity index (χ1n) is 13.4. The number of nitrogens with zero attached hydrogens (tertiary/aromatic N) is 2. The third kappa shape index (κ3) is 5.24. The highest BCUT2D eigenvalue weighted by molar-refractivity contribution is 5.93. The number of amides is 3. The van der Waals surface area contributed by atoms with Gasteiger partial charge in [-0.3, -0.25) is 14.4 Å². The molecule has 2 saturated carbocycles. The van der Waals surface area contributed by atoms with E-state index in [1.165, 1.54) is 6.07 Å². The Morgan fingerprint density at radius 2 is 1.92 bits per heavy atom. The fourth-order valence-electron chi connectivity index (χ4n) is 6.37. The highest BCUT2D eigenvalue weighted by Crippen LogP contribution is 2.64. The Bertz CT molecular complexity index is 1230. The zero-order valence-electron chi connectivity index (χ0n) is 21.7. The molecule has 5 rings (SSSR count). The molecule has 1 aliphatic heterocycles. The van der Waals surface area contributed by atoms with Gasteiger partial charge in [-0.2, -0.15) is 0 Å². The molecule has 0 radical (unpaired) electrons. The van der Waals surface area contributed by atoms with Gasteiger partial charge in [0.25, 0.3) is 0 Å². The molecule has 1 aromatic carbocycles. The van der Waals surface area contributed by atoms with Crippen molar-refractivity contribution < 1.29 is 27.6 Å². The number of para-hydroxylation sites is 1. The van der Waals surface area contributed by atoms with Crippen LogP contribution in [0.4, 0.5) is 13.2 Å². The molecule has 0 unspecified atom stereocenters. The minimum absolute atomic E-state index is 0.0480. The molecule has 206 valence electrons. The van der Waals surface area contributed by atoms with E-state index in [1.807, 2.05) is 6.92 Å². The van der Waals surface area contributed by atoms with Crippen LogP contribution in [0, 0.1) is 17.2 Å². The normalized spacial score (nSPS) is 23.8. The lowest BCUT2D eigenvalue weighted by Gasteiger charge is -2.56. The summed E-state index contributed by atoms with van der Waals surface area (Å²) in [6.45, 7) is 4.24. The number of fused-ring (bicyclic) bond motifs is 1. The van der Waals surface area contributed by atoms with Gasteiger partial charge in [-0.25, -0.2) is 18.2 Å². The van der Waals surface area contributed by atoms with Gasteiger partial charge in [0.15, 0.2) is 5.82 Å². The molecule has 1 saturated heterocycles. The average Bonchev–Trinajstić information content (AvgIpc) is 3.26. The summed E-state index contributed by atoms with van der Waals surface area (Å²) in [5.41, 5.74) is 0.164. The van der Waals surface area contributed by atoms with Crippen molar-refractivity contribution in [2.45, 2.75) is 89.3 Å². The molecule has 3 aliphatic rings. The van der Waals surface area contributed by atoms with E-state index >= 15 is 0 Å². The standard InChI is InChI=1S/C27H34F3N5O3/c1-15-6-3-4-9-35(15)21(36)10-20(33-24(37)17-11-26(12-17)13-27(29,30)14-26)25(38)31-16(2)23-32-19-8-5-7-18(28)22(19)34-23/h5,7-8,15-17,20H,3-4,6,9-14H2,1-2H3,(H,31,38)(H,32,34)(H,33,37)/t15-,16-,20-/m0/s1. The van der Waals surface area contributed by atoms with Gasteiger partial charge in [0.1, 0.15) is 17.4 Å². The molecule has 11 heteroatoms. The van der Waals surface area contributed by atoms with Crippen LogP contribution in [0.3, 0.4) is 0 Å². The fraction of sp³-hybridized carbons (Fsp3) is 0.630. The quantitative estimate of drug-likeness (QED) is 0.501. The zero-order valence-corrected chi connectivity index (χ0v) is 21.7. The maximum Gasteiger partial charge on any atom is 0.249 e. The van der Waals surface area contributed by atoms with Crippen molar-refractivity contribution in [2.75, 3.05) is 6.54 Å². The average molecular weight is 534 g/mol. The predicted octanol–water partition coefficient (Wildman–Crippen LogP) is 3.98. The molecule has 8 nitrogen and oxygen atoms in total. The lowest BCUT2D eigenvalue weighted by molar-refractivity contribution is -0.207. The van der Waals surface area contributed by atoms with E-state index in [0.29, 0.717) is 30.7 Å². The van der Waals surface area contributed by atoms with Crippen LogP contribution in [0.15, 0.2) is 18.2 Å². The van der Waals surface area contributed by atoms with Gasteiger partial charge in [-0.15, -0.1) is 0 Å². The molecule has 1 spiro atoms. The predicted molar refractivity (Wildman–Crippen MR) is 134 cm³/mol. The van der Waals surface area contributed by atoms with E-state index in [2.05, 4.69) is 20.6 Å². The molecular formula is C27H34F3N5O3. The summed E-state index contributed by atoms with van der Waals surface area (Å²) in [6, 6.07) is 2.79. The molecule has 2 aliphatic carbocycles. The van der Waals surface area contributed by atoms with E-state index in [1.54, 1.807) is 24.0 Å². The number of benzene rings is 1.